The van der Waals surface area contributed by atoms with Crippen molar-refractivity contribution in [1.29, 1.82) is 0 Å². The number of carbonyl (C=O) groups is 1. The van der Waals surface area contributed by atoms with Gasteiger partial charge in [0.15, 0.2) is 0 Å². The third-order valence-electron chi connectivity index (χ3n) is 2.74. The fourth-order valence-corrected chi connectivity index (χ4v) is 1.89. The fourth-order valence-electron chi connectivity index (χ4n) is 1.70. The number of nitrogens with one attached hydrogen (secondary N) is 1. The fraction of sp³-hybridized carbons (Fsp3) is 0.500. The van der Waals surface area contributed by atoms with E-state index in [0.29, 0.717) is 0 Å². The van der Waals surface area contributed by atoms with Crippen LogP contribution in [0.25, 0.3) is 0 Å². The zero-order valence-corrected chi connectivity index (χ0v) is 11.1. The van der Waals surface area contributed by atoms with Gasteiger partial charge in [-0.25, -0.2) is 0 Å². The lowest BCUT2D eigenvalue weighted by atomic mass is 10.1. The number of halogens is 1. The standard InChI is InChI=1S/C14H20ClNO/c1-12-8-4-5-9-13(12)14(17)16-11-7-3-2-6-10-15/h4-5,8-9H,2-3,6-7,10-11H2,1H3,(H,16,17). The van der Waals surface area contributed by atoms with Crippen LogP contribution >= 0.6 is 11.6 Å². The van der Waals surface area contributed by atoms with E-state index in [1.165, 1.54) is 0 Å². The Bertz CT molecular complexity index is 352. The highest BCUT2D eigenvalue weighted by Crippen LogP contribution is 2.06. The highest BCUT2D eigenvalue weighted by molar-refractivity contribution is 6.17. The van der Waals surface area contributed by atoms with Crippen molar-refractivity contribution in [3.05, 3.63) is 35.4 Å². The smallest absolute Gasteiger partial charge is 0.251 e. The van der Waals surface area contributed by atoms with Crippen LogP contribution < -0.4 is 5.32 Å². The summed E-state index contributed by atoms with van der Waals surface area (Å²) >= 11 is 5.59. The van der Waals surface area contributed by atoms with E-state index in [9.17, 15) is 4.79 Å². The Morgan fingerprint density at radius 1 is 1.18 bits per heavy atom. The quantitative estimate of drug-likeness (QED) is 0.585. The van der Waals surface area contributed by atoms with Crippen molar-refractivity contribution in [1.82, 2.24) is 5.32 Å². The molecule has 1 rings (SSSR count). The Hall–Kier alpha value is -1.02. The van der Waals surface area contributed by atoms with Gasteiger partial charge in [0.25, 0.3) is 5.91 Å². The molecule has 0 aliphatic heterocycles. The van der Waals surface area contributed by atoms with Gasteiger partial charge < -0.3 is 5.32 Å². The average molecular weight is 254 g/mol. The molecule has 1 aromatic rings. The third kappa shape index (κ3) is 5.22. The van der Waals surface area contributed by atoms with E-state index in [2.05, 4.69) is 5.32 Å². The Kier molecular flexibility index (Phi) is 6.71. The minimum atomic E-state index is 0.0282. The first-order valence-electron chi connectivity index (χ1n) is 6.15. The summed E-state index contributed by atoms with van der Waals surface area (Å²) in [5.41, 5.74) is 1.79. The third-order valence-corrected chi connectivity index (χ3v) is 3.00. The van der Waals surface area contributed by atoms with Gasteiger partial charge in [-0.3, -0.25) is 4.79 Å². The normalized spacial score (nSPS) is 10.2. The molecule has 1 amide bonds. The first-order chi connectivity index (χ1) is 8.25. The lowest BCUT2D eigenvalue weighted by Gasteiger charge is -2.07. The van der Waals surface area contributed by atoms with Gasteiger partial charge in [0.1, 0.15) is 0 Å². The van der Waals surface area contributed by atoms with E-state index < -0.39 is 0 Å². The van der Waals surface area contributed by atoms with Crippen molar-refractivity contribution in [2.45, 2.75) is 32.6 Å². The summed E-state index contributed by atoms with van der Waals surface area (Å²) in [5.74, 6) is 0.760. The molecule has 1 N–H and O–H groups in total. The Morgan fingerprint density at radius 3 is 2.59 bits per heavy atom. The maximum atomic E-state index is 11.8. The number of benzene rings is 1. The van der Waals surface area contributed by atoms with Crippen LogP contribution in [0, 0.1) is 6.92 Å². The average Bonchev–Trinajstić information content (AvgIpc) is 2.34. The van der Waals surface area contributed by atoms with Crippen LogP contribution in [0.15, 0.2) is 24.3 Å². The number of rotatable bonds is 7. The molecule has 0 aromatic heterocycles. The second kappa shape index (κ2) is 8.13. The van der Waals surface area contributed by atoms with Crippen LogP contribution in [0.5, 0.6) is 0 Å². The van der Waals surface area contributed by atoms with E-state index in [1.54, 1.807) is 0 Å². The predicted molar refractivity (Wildman–Crippen MR) is 72.7 cm³/mol. The van der Waals surface area contributed by atoms with Gasteiger partial charge in [0.05, 0.1) is 0 Å². The molecular formula is C14H20ClNO. The minimum Gasteiger partial charge on any atom is -0.352 e. The highest BCUT2D eigenvalue weighted by Gasteiger charge is 2.06. The molecule has 0 saturated heterocycles. The monoisotopic (exact) mass is 253 g/mol. The predicted octanol–water partition coefficient (Wildman–Crippen LogP) is 3.52. The van der Waals surface area contributed by atoms with Crippen LogP contribution in [0.2, 0.25) is 0 Å². The van der Waals surface area contributed by atoms with E-state index in [0.717, 1.165) is 49.2 Å². The van der Waals surface area contributed by atoms with Crippen molar-refractivity contribution in [2.24, 2.45) is 0 Å². The van der Waals surface area contributed by atoms with E-state index in [4.69, 9.17) is 11.6 Å². The molecule has 0 aliphatic carbocycles. The number of aryl methyl sites for hydroxylation is 1. The first kappa shape index (κ1) is 14.0. The molecule has 0 saturated carbocycles. The minimum absolute atomic E-state index is 0.0282. The summed E-state index contributed by atoms with van der Waals surface area (Å²) in [6.45, 7) is 2.70. The van der Waals surface area contributed by atoms with Crippen molar-refractivity contribution >= 4 is 17.5 Å². The van der Waals surface area contributed by atoms with E-state index in [1.807, 2.05) is 31.2 Å². The number of carbonyl (C=O) groups excluding carboxylic acids is 1. The van der Waals surface area contributed by atoms with Crippen molar-refractivity contribution < 1.29 is 4.79 Å². The van der Waals surface area contributed by atoms with Crippen molar-refractivity contribution in [3.8, 4) is 0 Å². The Balaban J connectivity index is 2.24. The summed E-state index contributed by atoms with van der Waals surface area (Å²) in [4.78, 5) is 11.8. The lowest BCUT2D eigenvalue weighted by molar-refractivity contribution is 0.0952. The molecule has 0 heterocycles. The SMILES string of the molecule is Cc1ccccc1C(=O)NCCCCCCCl. The molecule has 0 atom stereocenters. The number of hydrogen-bond donors (Lipinski definition) is 1. The molecular weight excluding hydrogens is 234 g/mol. The Labute approximate surface area is 108 Å². The maximum absolute atomic E-state index is 11.8. The molecule has 0 unspecified atom stereocenters. The Morgan fingerprint density at radius 2 is 1.88 bits per heavy atom. The largest absolute Gasteiger partial charge is 0.352 e. The topological polar surface area (TPSA) is 29.1 Å². The number of amides is 1. The molecule has 94 valence electrons. The molecule has 0 fully saturated rings. The van der Waals surface area contributed by atoms with Gasteiger partial charge >= 0.3 is 0 Å². The van der Waals surface area contributed by atoms with Gasteiger partial charge in [-0.2, -0.15) is 0 Å². The first-order valence-corrected chi connectivity index (χ1v) is 6.69. The summed E-state index contributed by atoms with van der Waals surface area (Å²) in [6, 6.07) is 7.65. The van der Waals surface area contributed by atoms with E-state index >= 15 is 0 Å². The summed E-state index contributed by atoms with van der Waals surface area (Å²) < 4.78 is 0. The second-order valence-electron chi connectivity index (χ2n) is 4.17. The molecule has 17 heavy (non-hydrogen) atoms. The molecule has 1 aromatic carbocycles. The zero-order valence-electron chi connectivity index (χ0n) is 10.3. The summed E-state index contributed by atoms with van der Waals surface area (Å²) in [6.07, 6.45) is 4.35. The van der Waals surface area contributed by atoms with Crippen molar-refractivity contribution in [3.63, 3.8) is 0 Å². The van der Waals surface area contributed by atoms with Gasteiger partial charge in [-0.1, -0.05) is 31.0 Å². The molecule has 0 spiro atoms. The summed E-state index contributed by atoms with van der Waals surface area (Å²) in [5, 5.41) is 2.94. The number of alkyl halides is 1. The van der Waals surface area contributed by atoms with Crippen LogP contribution in [0.1, 0.15) is 41.6 Å². The lowest BCUT2D eigenvalue weighted by Crippen LogP contribution is -2.25. The molecule has 0 bridgehead atoms. The highest BCUT2D eigenvalue weighted by atomic mass is 35.5. The van der Waals surface area contributed by atoms with Gasteiger partial charge in [-0.05, 0) is 31.4 Å². The van der Waals surface area contributed by atoms with Crippen LogP contribution in [-0.2, 0) is 0 Å². The van der Waals surface area contributed by atoms with E-state index in [-0.39, 0.29) is 5.91 Å². The van der Waals surface area contributed by atoms with Gasteiger partial charge in [0.2, 0.25) is 0 Å². The van der Waals surface area contributed by atoms with Crippen LogP contribution in [0.4, 0.5) is 0 Å². The number of hydrogen-bond acceptors (Lipinski definition) is 1. The summed E-state index contributed by atoms with van der Waals surface area (Å²) in [7, 11) is 0. The number of unbranched alkanes of at least 4 members (excludes halogenated alkanes) is 3. The molecule has 3 heteroatoms. The zero-order chi connectivity index (χ0) is 12.5. The van der Waals surface area contributed by atoms with Gasteiger partial charge in [0, 0.05) is 18.0 Å². The maximum Gasteiger partial charge on any atom is 0.251 e. The van der Waals surface area contributed by atoms with Crippen LogP contribution in [0.3, 0.4) is 0 Å². The van der Waals surface area contributed by atoms with Crippen LogP contribution in [-0.4, -0.2) is 18.3 Å². The van der Waals surface area contributed by atoms with Crippen molar-refractivity contribution in [2.75, 3.05) is 12.4 Å². The molecule has 0 aliphatic rings. The second-order valence-corrected chi connectivity index (χ2v) is 4.55. The molecule has 0 radical (unpaired) electrons. The molecule has 2 nitrogen and oxygen atoms in total. The van der Waals surface area contributed by atoms with Gasteiger partial charge in [-0.15, -0.1) is 11.6 Å².